The molecule has 0 aromatic carbocycles. The molecule has 0 saturated carbocycles. The quantitative estimate of drug-likeness (QED) is 0.758. The van der Waals surface area contributed by atoms with Crippen molar-refractivity contribution in [3.05, 3.63) is 53.6 Å². The van der Waals surface area contributed by atoms with E-state index in [0.29, 0.717) is 11.6 Å². The average Bonchev–Trinajstić information content (AvgIpc) is 2.81. The van der Waals surface area contributed by atoms with Crippen LogP contribution in [0.1, 0.15) is 5.56 Å². The molecule has 0 radical (unpaired) electrons. The standard InChI is InChI=1S/C13H11ClN4/c14-11-3-5-15-8-12(11)17-6-9-7-18-13-10(9)2-1-4-16-13/h1-5,7-8,17H,6H2,(H,16,18). The van der Waals surface area contributed by atoms with E-state index < -0.39 is 0 Å². The van der Waals surface area contributed by atoms with Crippen LogP contribution >= 0.6 is 11.6 Å². The summed E-state index contributed by atoms with van der Waals surface area (Å²) in [6, 6.07) is 5.73. The number of fused-ring (bicyclic) bond motifs is 1. The maximum atomic E-state index is 6.06. The Balaban J connectivity index is 1.83. The first-order chi connectivity index (χ1) is 8.84. The Hall–Kier alpha value is -2.07. The van der Waals surface area contributed by atoms with Gasteiger partial charge in [0.05, 0.1) is 16.9 Å². The monoisotopic (exact) mass is 258 g/mol. The number of halogens is 1. The highest BCUT2D eigenvalue weighted by Gasteiger charge is 2.04. The van der Waals surface area contributed by atoms with Crippen LogP contribution in [-0.2, 0) is 6.54 Å². The number of pyridine rings is 2. The van der Waals surface area contributed by atoms with E-state index >= 15 is 0 Å². The van der Waals surface area contributed by atoms with Crippen LogP contribution in [0.4, 0.5) is 5.69 Å². The van der Waals surface area contributed by atoms with Gasteiger partial charge in [0.15, 0.2) is 0 Å². The molecular weight excluding hydrogens is 248 g/mol. The van der Waals surface area contributed by atoms with Gasteiger partial charge in [0.25, 0.3) is 0 Å². The Bertz CT molecular complexity index is 677. The summed E-state index contributed by atoms with van der Waals surface area (Å²) in [7, 11) is 0. The largest absolute Gasteiger partial charge is 0.378 e. The summed E-state index contributed by atoms with van der Waals surface area (Å²) in [5.74, 6) is 0. The number of anilines is 1. The summed E-state index contributed by atoms with van der Waals surface area (Å²) in [6.07, 6.45) is 7.11. The Morgan fingerprint density at radius 1 is 1.28 bits per heavy atom. The molecule has 0 unspecified atom stereocenters. The van der Waals surface area contributed by atoms with Crippen LogP contribution in [0.15, 0.2) is 43.0 Å². The fourth-order valence-corrected chi connectivity index (χ4v) is 2.03. The molecule has 4 nitrogen and oxygen atoms in total. The first kappa shape index (κ1) is 11.0. The zero-order valence-electron chi connectivity index (χ0n) is 9.52. The Morgan fingerprint density at radius 2 is 2.22 bits per heavy atom. The summed E-state index contributed by atoms with van der Waals surface area (Å²) in [5, 5.41) is 5.05. The van der Waals surface area contributed by atoms with Gasteiger partial charge in [0.2, 0.25) is 0 Å². The van der Waals surface area contributed by atoms with Crippen LogP contribution in [0.25, 0.3) is 11.0 Å². The van der Waals surface area contributed by atoms with Crippen molar-refractivity contribution in [1.82, 2.24) is 15.0 Å². The molecule has 0 spiro atoms. The molecule has 2 N–H and O–H groups in total. The lowest BCUT2D eigenvalue weighted by atomic mass is 10.2. The van der Waals surface area contributed by atoms with E-state index in [4.69, 9.17) is 11.6 Å². The third-order valence-electron chi connectivity index (χ3n) is 2.77. The van der Waals surface area contributed by atoms with Crippen LogP contribution in [-0.4, -0.2) is 15.0 Å². The fraction of sp³-hybridized carbons (Fsp3) is 0.0769. The zero-order chi connectivity index (χ0) is 12.4. The molecule has 0 fully saturated rings. The third kappa shape index (κ3) is 2.02. The summed E-state index contributed by atoms with van der Waals surface area (Å²) >= 11 is 6.06. The number of rotatable bonds is 3. The number of hydrogen-bond acceptors (Lipinski definition) is 3. The normalized spacial score (nSPS) is 10.7. The molecule has 18 heavy (non-hydrogen) atoms. The number of H-pyrrole nitrogens is 1. The number of aromatic nitrogens is 3. The van der Waals surface area contributed by atoms with Crippen LogP contribution in [0.5, 0.6) is 0 Å². The SMILES string of the molecule is Clc1ccncc1NCc1c[nH]c2ncccc12. The van der Waals surface area contributed by atoms with E-state index in [0.717, 1.165) is 22.3 Å². The van der Waals surface area contributed by atoms with Gasteiger partial charge in [0.1, 0.15) is 5.65 Å². The maximum absolute atomic E-state index is 6.06. The number of nitrogens with one attached hydrogen (secondary N) is 2. The minimum absolute atomic E-state index is 0.669. The van der Waals surface area contributed by atoms with Crippen LogP contribution in [0, 0.1) is 0 Å². The van der Waals surface area contributed by atoms with E-state index in [9.17, 15) is 0 Å². The van der Waals surface area contributed by atoms with Crippen molar-refractivity contribution in [1.29, 1.82) is 0 Å². The van der Waals surface area contributed by atoms with Gasteiger partial charge in [-0.05, 0) is 23.8 Å². The Labute approximate surface area is 109 Å². The molecule has 3 aromatic heterocycles. The highest BCUT2D eigenvalue weighted by Crippen LogP contribution is 2.21. The average molecular weight is 259 g/mol. The van der Waals surface area contributed by atoms with E-state index in [-0.39, 0.29) is 0 Å². The number of nitrogens with zero attached hydrogens (tertiary/aromatic N) is 2. The van der Waals surface area contributed by atoms with Gasteiger partial charge in [-0.15, -0.1) is 0 Å². The van der Waals surface area contributed by atoms with Crippen molar-refractivity contribution < 1.29 is 0 Å². The highest BCUT2D eigenvalue weighted by atomic mass is 35.5. The zero-order valence-corrected chi connectivity index (χ0v) is 10.3. The summed E-state index contributed by atoms with van der Waals surface area (Å²) < 4.78 is 0. The molecule has 0 amide bonds. The van der Waals surface area contributed by atoms with Gasteiger partial charge in [-0.2, -0.15) is 0 Å². The molecule has 0 aliphatic heterocycles. The second-order valence-electron chi connectivity index (χ2n) is 3.92. The van der Waals surface area contributed by atoms with E-state index in [2.05, 4.69) is 20.3 Å². The van der Waals surface area contributed by atoms with Crippen molar-refractivity contribution in [3.8, 4) is 0 Å². The lowest BCUT2D eigenvalue weighted by molar-refractivity contribution is 1.15. The highest BCUT2D eigenvalue weighted by molar-refractivity contribution is 6.33. The van der Waals surface area contributed by atoms with Gasteiger partial charge in [-0.25, -0.2) is 4.98 Å². The van der Waals surface area contributed by atoms with Crippen LogP contribution < -0.4 is 5.32 Å². The van der Waals surface area contributed by atoms with Crippen molar-refractivity contribution >= 4 is 28.3 Å². The van der Waals surface area contributed by atoms with Gasteiger partial charge >= 0.3 is 0 Å². The predicted octanol–water partition coefficient (Wildman–Crippen LogP) is 3.22. The molecule has 3 rings (SSSR count). The van der Waals surface area contributed by atoms with Crippen molar-refractivity contribution in [3.63, 3.8) is 0 Å². The summed E-state index contributed by atoms with van der Waals surface area (Å²) in [4.78, 5) is 11.4. The molecule has 0 bridgehead atoms. The molecule has 0 aliphatic rings. The minimum atomic E-state index is 0.669. The molecule has 0 atom stereocenters. The molecule has 90 valence electrons. The second kappa shape index (κ2) is 4.66. The fourth-order valence-electron chi connectivity index (χ4n) is 1.86. The van der Waals surface area contributed by atoms with Crippen LogP contribution in [0.2, 0.25) is 5.02 Å². The first-order valence-electron chi connectivity index (χ1n) is 5.59. The Morgan fingerprint density at radius 3 is 3.11 bits per heavy atom. The van der Waals surface area contributed by atoms with Gasteiger partial charge in [-0.3, -0.25) is 4.98 Å². The molecule has 5 heteroatoms. The molecular formula is C13H11ClN4. The minimum Gasteiger partial charge on any atom is -0.378 e. The molecule has 3 heterocycles. The van der Waals surface area contributed by atoms with Crippen molar-refractivity contribution in [2.45, 2.75) is 6.54 Å². The topological polar surface area (TPSA) is 53.6 Å². The van der Waals surface area contributed by atoms with Crippen molar-refractivity contribution in [2.75, 3.05) is 5.32 Å². The maximum Gasteiger partial charge on any atom is 0.137 e. The van der Waals surface area contributed by atoms with Crippen molar-refractivity contribution in [2.24, 2.45) is 0 Å². The first-order valence-corrected chi connectivity index (χ1v) is 5.97. The molecule has 3 aromatic rings. The molecule has 0 aliphatic carbocycles. The number of hydrogen-bond donors (Lipinski definition) is 2. The van der Waals surface area contributed by atoms with Gasteiger partial charge in [0, 0.05) is 30.5 Å². The number of aromatic amines is 1. The third-order valence-corrected chi connectivity index (χ3v) is 3.10. The summed E-state index contributed by atoms with van der Waals surface area (Å²) in [6.45, 7) is 0.678. The predicted molar refractivity (Wildman–Crippen MR) is 72.7 cm³/mol. The van der Waals surface area contributed by atoms with E-state index in [1.54, 1.807) is 24.7 Å². The summed E-state index contributed by atoms with van der Waals surface area (Å²) in [5.41, 5.74) is 2.88. The lowest BCUT2D eigenvalue weighted by Crippen LogP contribution is -1.99. The van der Waals surface area contributed by atoms with E-state index in [1.165, 1.54) is 0 Å². The Kier molecular flexibility index (Phi) is 2.86. The molecule has 0 saturated heterocycles. The van der Waals surface area contributed by atoms with Crippen LogP contribution in [0.3, 0.4) is 0 Å². The van der Waals surface area contributed by atoms with Gasteiger partial charge < -0.3 is 10.3 Å². The van der Waals surface area contributed by atoms with E-state index in [1.807, 2.05) is 18.3 Å². The smallest absolute Gasteiger partial charge is 0.137 e. The lowest BCUT2D eigenvalue weighted by Gasteiger charge is -2.06. The second-order valence-corrected chi connectivity index (χ2v) is 4.33. The van der Waals surface area contributed by atoms with Gasteiger partial charge in [-0.1, -0.05) is 11.6 Å².